The van der Waals surface area contributed by atoms with Crippen LogP contribution in [0.25, 0.3) is 0 Å². The van der Waals surface area contributed by atoms with Gasteiger partial charge in [-0.05, 0) is 43.9 Å². The number of hydrogen-bond acceptors (Lipinski definition) is 7. The molecule has 0 N–H and O–H groups in total. The van der Waals surface area contributed by atoms with Crippen molar-refractivity contribution in [3.63, 3.8) is 0 Å². The van der Waals surface area contributed by atoms with E-state index in [1.165, 1.54) is 6.08 Å². The van der Waals surface area contributed by atoms with Crippen LogP contribution in [0.1, 0.15) is 31.7 Å². The molecule has 8 heteroatoms. The molecule has 0 bridgehead atoms. The highest BCUT2D eigenvalue weighted by atomic mass is 32.2. The lowest BCUT2D eigenvalue weighted by atomic mass is 10.1. The molecular weight excluding hydrogens is 372 g/mol. The van der Waals surface area contributed by atoms with Crippen LogP contribution in [-0.4, -0.2) is 47.1 Å². The third-order valence-corrected chi connectivity index (χ3v) is 4.14. The zero-order chi connectivity index (χ0) is 20.1. The van der Waals surface area contributed by atoms with Crippen LogP contribution in [0.15, 0.2) is 36.4 Å². The molecule has 1 atom stereocenters. The van der Waals surface area contributed by atoms with Crippen molar-refractivity contribution in [3.05, 3.63) is 42.0 Å². The Labute approximate surface area is 161 Å². The first-order valence-corrected chi connectivity index (χ1v) is 10.6. The Kier molecular flexibility index (Phi) is 10.7. The van der Waals surface area contributed by atoms with Crippen molar-refractivity contribution < 1.29 is 31.6 Å². The topological polar surface area (TPSA) is 88.1 Å². The highest BCUT2D eigenvalue weighted by molar-refractivity contribution is 7.86. The summed E-state index contributed by atoms with van der Waals surface area (Å²) >= 11 is 0. The fourth-order valence-corrected chi connectivity index (χ4v) is 2.95. The van der Waals surface area contributed by atoms with E-state index >= 15 is 0 Å². The molecule has 0 unspecified atom stereocenters. The van der Waals surface area contributed by atoms with Crippen molar-refractivity contribution in [2.24, 2.45) is 0 Å². The third kappa shape index (κ3) is 11.4. The van der Waals surface area contributed by atoms with Gasteiger partial charge < -0.3 is 14.2 Å². The summed E-state index contributed by atoms with van der Waals surface area (Å²) in [6.07, 6.45) is 4.87. The molecule has 0 aliphatic heterocycles. The van der Waals surface area contributed by atoms with Crippen LogP contribution < -0.4 is 4.74 Å². The highest BCUT2D eigenvalue weighted by Gasteiger charge is 2.15. The zero-order valence-electron chi connectivity index (χ0n) is 16.1. The summed E-state index contributed by atoms with van der Waals surface area (Å²) in [7, 11) is -1.96. The van der Waals surface area contributed by atoms with Gasteiger partial charge in [0.2, 0.25) is 0 Å². The molecule has 1 aromatic carbocycles. The van der Waals surface area contributed by atoms with Crippen LogP contribution in [0.3, 0.4) is 0 Å². The van der Waals surface area contributed by atoms with Gasteiger partial charge in [-0.15, -0.1) is 0 Å². The molecule has 0 saturated carbocycles. The van der Waals surface area contributed by atoms with Crippen molar-refractivity contribution in [1.82, 2.24) is 0 Å². The lowest BCUT2D eigenvalue weighted by Gasteiger charge is -2.15. The van der Waals surface area contributed by atoms with Crippen molar-refractivity contribution in [2.75, 3.05) is 26.6 Å². The molecule has 27 heavy (non-hydrogen) atoms. The molecule has 0 aliphatic rings. The molecule has 0 fully saturated rings. The first kappa shape index (κ1) is 23.1. The minimum Gasteiger partial charge on any atom is -0.497 e. The smallest absolute Gasteiger partial charge is 0.330 e. The number of methoxy groups -OCH3 is 1. The Hall–Kier alpha value is -1.90. The second-order valence-corrected chi connectivity index (χ2v) is 7.44. The van der Waals surface area contributed by atoms with Crippen LogP contribution >= 0.6 is 0 Å². The molecule has 0 aromatic heterocycles. The Bertz CT molecular complexity index is 681. The largest absolute Gasteiger partial charge is 0.497 e. The molecule has 0 saturated heterocycles. The van der Waals surface area contributed by atoms with Crippen molar-refractivity contribution in [2.45, 2.75) is 38.9 Å². The standard InChI is InChI=1S/C19H28O7S/c1-4-25-19(20)8-6-5-7-18(26-27(3,21)22)13-14-24-15-16-9-11-17(23-2)12-10-16/h6,8-12,18H,4-5,7,13-15H2,1-3H3/b8-6+/t18-/m0/s1. The van der Waals surface area contributed by atoms with E-state index < -0.39 is 22.2 Å². The van der Waals surface area contributed by atoms with E-state index in [0.29, 0.717) is 39.1 Å². The Balaban J connectivity index is 2.41. The van der Waals surface area contributed by atoms with Crippen LogP contribution in [-0.2, 0) is 35.2 Å². The maximum absolute atomic E-state index is 11.4. The zero-order valence-corrected chi connectivity index (χ0v) is 16.9. The highest BCUT2D eigenvalue weighted by Crippen LogP contribution is 2.14. The fourth-order valence-electron chi connectivity index (χ4n) is 2.27. The van der Waals surface area contributed by atoms with Crippen molar-refractivity contribution in [1.29, 1.82) is 0 Å². The monoisotopic (exact) mass is 400 g/mol. The molecular formula is C19H28O7S. The molecule has 0 aliphatic carbocycles. The van der Waals surface area contributed by atoms with Gasteiger partial charge in [0.15, 0.2) is 0 Å². The van der Waals surface area contributed by atoms with E-state index in [-0.39, 0.29) is 0 Å². The van der Waals surface area contributed by atoms with Gasteiger partial charge in [0.25, 0.3) is 10.1 Å². The third-order valence-electron chi connectivity index (χ3n) is 3.52. The summed E-state index contributed by atoms with van der Waals surface area (Å²) in [5.74, 6) is 0.358. The molecule has 0 heterocycles. The summed E-state index contributed by atoms with van der Waals surface area (Å²) in [5.41, 5.74) is 0.994. The second kappa shape index (κ2) is 12.5. The van der Waals surface area contributed by atoms with E-state index in [9.17, 15) is 13.2 Å². The van der Waals surface area contributed by atoms with Gasteiger partial charge in [0, 0.05) is 12.7 Å². The summed E-state index contributed by atoms with van der Waals surface area (Å²) in [6, 6.07) is 7.52. The average Bonchev–Trinajstić information content (AvgIpc) is 2.61. The predicted octanol–water partition coefficient (Wildman–Crippen LogP) is 2.85. The Morgan fingerprint density at radius 1 is 1.19 bits per heavy atom. The van der Waals surface area contributed by atoms with E-state index in [2.05, 4.69) is 0 Å². The number of hydrogen-bond donors (Lipinski definition) is 0. The van der Waals surface area contributed by atoms with Gasteiger partial charge in [0.05, 0.1) is 32.7 Å². The lowest BCUT2D eigenvalue weighted by Crippen LogP contribution is -2.19. The molecule has 0 radical (unpaired) electrons. The van der Waals surface area contributed by atoms with Crippen molar-refractivity contribution >= 4 is 16.1 Å². The Morgan fingerprint density at radius 2 is 1.89 bits per heavy atom. The number of rotatable bonds is 13. The quantitative estimate of drug-likeness (QED) is 0.218. The predicted molar refractivity (Wildman–Crippen MR) is 102 cm³/mol. The van der Waals surface area contributed by atoms with Gasteiger partial charge in [-0.1, -0.05) is 18.2 Å². The molecule has 152 valence electrons. The molecule has 0 amide bonds. The van der Waals surface area contributed by atoms with Crippen LogP contribution in [0.2, 0.25) is 0 Å². The normalized spacial score (nSPS) is 12.9. The van der Waals surface area contributed by atoms with Crippen LogP contribution in [0.5, 0.6) is 5.75 Å². The summed E-state index contributed by atoms with van der Waals surface area (Å²) < 4.78 is 43.4. The lowest BCUT2D eigenvalue weighted by molar-refractivity contribution is -0.137. The van der Waals surface area contributed by atoms with Gasteiger partial charge in [-0.2, -0.15) is 8.42 Å². The first-order chi connectivity index (χ1) is 12.8. The number of esters is 1. The maximum Gasteiger partial charge on any atom is 0.330 e. The number of carbonyl (C=O) groups excluding carboxylic acids is 1. The number of allylic oxidation sites excluding steroid dienone is 1. The number of ether oxygens (including phenoxy) is 3. The van der Waals surface area contributed by atoms with E-state index in [0.717, 1.165) is 17.6 Å². The summed E-state index contributed by atoms with van der Waals surface area (Å²) in [5, 5.41) is 0. The van der Waals surface area contributed by atoms with E-state index in [1.54, 1.807) is 20.1 Å². The molecule has 1 aromatic rings. The minimum absolute atomic E-state index is 0.314. The summed E-state index contributed by atoms with van der Waals surface area (Å²) in [4.78, 5) is 11.2. The van der Waals surface area contributed by atoms with E-state index in [1.807, 2.05) is 24.3 Å². The first-order valence-electron chi connectivity index (χ1n) is 8.76. The van der Waals surface area contributed by atoms with Gasteiger partial charge >= 0.3 is 5.97 Å². The van der Waals surface area contributed by atoms with Gasteiger partial charge in [-0.3, -0.25) is 4.18 Å². The molecule has 7 nitrogen and oxygen atoms in total. The number of benzene rings is 1. The fraction of sp³-hybridized carbons (Fsp3) is 0.526. The molecule has 0 spiro atoms. The Morgan fingerprint density at radius 3 is 2.48 bits per heavy atom. The van der Waals surface area contributed by atoms with Crippen molar-refractivity contribution in [3.8, 4) is 5.75 Å². The molecule has 1 rings (SSSR count). The SMILES string of the molecule is CCOC(=O)/C=C/CC[C@@H](CCOCc1ccc(OC)cc1)OS(C)(=O)=O. The van der Waals surface area contributed by atoms with Crippen LogP contribution in [0.4, 0.5) is 0 Å². The second-order valence-electron chi connectivity index (χ2n) is 5.84. The maximum atomic E-state index is 11.4. The minimum atomic E-state index is -3.57. The van der Waals surface area contributed by atoms with Crippen LogP contribution in [0, 0.1) is 0 Å². The summed E-state index contributed by atoms with van der Waals surface area (Å²) in [6.45, 7) is 2.81. The average molecular weight is 400 g/mol. The van der Waals surface area contributed by atoms with Gasteiger partial charge in [-0.25, -0.2) is 4.79 Å². The van der Waals surface area contributed by atoms with Gasteiger partial charge in [0.1, 0.15) is 5.75 Å². The number of carbonyl (C=O) groups is 1. The van der Waals surface area contributed by atoms with E-state index in [4.69, 9.17) is 18.4 Å².